The Balaban J connectivity index is 1.42. The summed E-state index contributed by atoms with van der Waals surface area (Å²) >= 11 is 6.27. The molecule has 4 N–H and O–H groups in total. The van der Waals surface area contributed by atoms with Gasteiger partial charge in [0, 0.05) is 48.9 Å². The molecule has 0 radical (unpaired) electrons. The predicted molar refractivity (Wildman–Crippen MR) is 200 cm³/mol. The van der Waals surface area contributed by atoms with Gasteiger partial charge in [-0.25, -0.2) is 0 Å². The number of benzene rings is 1. The van der Waals surface area contributed by atoms with Crippen LogP contribution >= 0.6 is 11.6 Å². The van der Waals surface area contributed by atoms with Gasteiger partial charge in [-0.15, -0.1) is 0 Å². The van der Waals surface area contributed by atoms with Crippen molar-refractivity contribution in [3.63, 3.8) is 0 Å². The van der Waals surface area contributed by atoms with E-state index in [0.717, 1.165) is 50.5 Å². The van der Waals surface area contributed by atoms with Gasteiger partial charge in [0.15, 0.2) is 5.60 Å². The van der Waals surface area contributed by atoms with Crippen LogP contribution in [-0.2, 0) is 33.6 Å². The molecule has 3 fully saturated rings. The van der Waals surface area contributed by atoms with Gasteiger partial charge in [0.25, 0.3) is 5.91 Å². The van der Waals surface area contributed by atoms with Crippen LogP contribution in [-0.4, -0.2) is 89.3 Å². The SMILES string of the molecule is CCC[C@H](NC(=O)[C@@H]1C[C@]2(CC(c3cccc(Cl)c3)=NO2)CN1C(=O)[C@@H](NC(=O)[C@@H](CC(=O)NC)C1CCCCC1)C(C)(C)C)C(=O)C(=O)NC1CC1. The molecule has 0 unspecified atom stereocenters. The molecule has 53 heavy (non-hydrogen) atoms. The van der Waals surface area contributed by atoms with E-state index in [9.17, 15) is 28.8 Å². The minimum Gasteiger partial charge on any atom is -0.387 e. The van der Waals surface area contributed by atoms with E-state index in [1.807, 2.05) is 33.8 Å². The summed E-state index contributed by atoms with van der Waals surface area (Å²) in [5.74, 6) is -3.79. The molecule has 5 amide bonds. The van der Waals surface area contributed by atoms with E-state index in [4.69, 9.17) is 16.4 Å². The van der Waals surface area contributed by atoms with Crippen molar-refractivity contribution in [3.05, 3.63) is 34.9 Å². The molecule has 0 bridgehead atoms. The summed E-state index contributed by atoms with van der Waals surface area (Å²) in [5, 5.41) is 16.1. The van der Waals surface area contributed by atoms with Gasteiger partial charge in [-0.2, -0.15) is 0 Å². The number of nitrogens with one attached hydrogen (secondary N) is 4. The van der Waals surface area contributed by atoms with E-state index in [1.54, 1.807) is 25.2 Å². The molecule has 1 spiro atoms. The highest BCUT2D eigenvalue weighted by molar-refractivity contribution is 6.38. The van der Waals surface area contributed by atoms with Crippen molar-refractivity contribution in [2.24, 2.45) is 22.4 Å². The minimum absolute atomic E-state index is 0.00412. The highest BCUT2D eigenvalue weighted by Gasteiger charge is 2.56. The van der Waals surface area contributed by atoms with Crippen molar-refractivity contribution in [3.8, 4) is 0 Å². The van der Waals surface area contributed by atoms with Gasteiger partial charge < -0.3 is 31.0 Å². The highest BCUT2D eigenvalue weighted by atomic mass is 35.5. The third-order valence-corrected chi connectivity index (χ3v) is 11.2. The van der Waals surface area contributed by atoms with Gasteiger partial charge in [-0.05, 0) is 55.6 Å². The number of Topliss-reactive ketones (excluding diaryl/α,β-unsaturated/α-hetero) is 1. The number of hydrogen-bond acceptors (Lipinski definition) is 8. The molecule has 14 heteroatoms. The fourth-order valence-electron chi connectivity index (χ4n) is 7.80. The molecule has 2 aliphatic heterocycles. The third-order valence-electron chi connectivity index (χ3n) is 11.0. The number of hydrogen-bond donors (Lipinski definition) is 4. The zero-order chi connectivity index (χ0) is 38.5. The number of rotatable bonds is 14. The standard InChI is InChI=1S/C39H55ClN6O7/c1-6-11-28(32(48)36(51)42-26-16-17-26)43-35(50)30-21-39(20-29(45-53-39)24-14-10-15-25(40)18-24)22-46(30)37(52)33(38(2,3)4)44-34(49)27(19-31(47)41-5)23-12-8-7-9-13-23/h10,14-15,18,23,26-28,30,33H,6-9,11-13,16-17,19-22H2,1-5H3,(H,41,47)(H,42,51)(H,43,50)(H,44,49)/t27-,28-,30-,33+,39+/m0/s1. The Morgan fingerprint density at radius 3 is 2.38 bits per heavy atom. The van der Waals surface area contributed by atoms with Gasteiger partial charge in [0.05, 0.1) is 18.3 Å². The average molecular weight is 755 g/mol. The normalized spacial score (nSPS) is 23.3. The van der Waals surface area contributed by atoms with Crippen LogP contribution in [0.25, 0.3) is 0 Å². The predicted octanol–water partition coefficient (Wildman–Crippen LogP) is 3.80. The number of nitrogens with zero attached hydrogens (tertiary/aromatic N) is 2. The molecular weight excluding hydrogens is 700 g/mol. The molecule has 0 aromatic heterocycles. The summed E-state index contributed by atoms with van der Waals surface area (Å²) < 4.78 is 0. The molecule has 2 aliphatic carbocycles. The van der Waals surface area contributed by atoms with E-state index in [0.29, 0.717) is 17.2 Å². The van der Waals surface area contributed by atoms with Crippen LogP contribution in [0.15, 0.2) is 29.4 Å². The lowest BCUT2D eigenvalue weighted by Crippen LogP contribution is -2.60. The molecule has 1 aromatic carbocycles. The molecular formula is C39H55ClN6O7. The Hall–Kier alpha value is -4.00. The monoisotopic (exact) mass is 754 g/mol. The molecule has 13 nitrogen and oxygen atoms in total. The number of oxime groups is 1. The Morgan fingerprint density at radius 2 is 1.75 bits per heavy atom. The summed E-state index contributed by atoms with van der Waals surface area (Å²) in [6.07, 6.45) is 7.40. The van der Waals surface area contributed by atoms with Crippen molar-refractivity contribution in [1.29, 1.82) is 0 Å². The van der Waals surface area contributed by atoms with E-state index in [2.05, 4.69) is 26.4 Å². The van der Waals surface area contributed by atoms with Crippen LogP contribution in [0.3, 0.4) is 0 Å². The van der Waals surface area contributed by atoms with Gasteiger partial charge in [0.2, 0.25) is 29.4 Å². The lowest BCUT2D eigenvalue weighted by atomic mass is 9.77. The van der Waals surface area contributed by atoms with Gasteiger partial charge in [-0.3, -0.25) is 28.8 Å². The average Bonchev–Trinajstić information content (AvgIpc) is 3.72. The van der Waals surface area contributed by atoms with Crippen molar-refractivity contribution in [2.75, 3.05) is 13.6 Å². The Bertz CT molecular complexity index is 1600. The Morgan fingerprint density at radius 1 is 1.04 bits per heavy atom. The zero-order valence-corrected chi connectivity index (χ0v) is 32.4. The largest absolute Gasteiger partial charge is 0.387 e. The van der Waals surface area contributed by atoms with Gasteiger partial charge >= 0.3 is 0 Å². The second-order valence-electron chi connectivity index (χ2n) is 16.3. The quantitative estimate of drug-likeness (QED) is 0.209. The van der Waals surface area contributed by atoms with Crippen molar-refractivity contribution in [1.82, 2.24) is 26.2 Å². The number of amides is 5. The molecule has 5 atom stereocenters. The zero-order valence-electron chi connectivity index (χ0n) is 31.6. The Labute approximate surface area is 317 Å². The molecule has 5 rings (SSSR count). The molecule has 1 saturated heterocycles. The maximum atomic E-state index is 14.8. The topological polar surface area (TPSA) is 175 Å². The highest BCUT2D eigenvalue weighted by Crippen LogP contribution is 2.40. The number of halogens is 1. The van der Waals surface area contributed by atoms with Crippen LogP contribution < -0.4 is 21.3 Å². The summed E-state index contributed by atoms with van der Waals surface area (Å²) in [6, 6.07) is 3.90. The first-order chi connectivity index (χ1) is 25.1. The van der Waals surface area contributed by atoms with E-state index >= 15 is 0 Å². The molecule has 1 aromatic rings. The first-order valence-electron chi connectivity index (χ1n) is 19.1. The van der Waals surface area contributed by atoms with Crippen LogP contribution in [0.4, 0.5) is 0 Å². The van der Waals surface area contributed by atoms with Crippen molar-refractivity contribution in [2.45, 2.75) is 135 Å². The van der Waals surface area contributed by atoms with Crippen molar-refractivity contribution < 1.29 is 33.6 Å². The Kier molecular flexibility index (Phi) is 12.9. The number of carbonyl (C=O) groups excluding carboxylic acids is 6. The first kappa shape index (κ1) is 40.2. The lowest BCUT2D eigenvalue weighted by molar-refractivity contribution is -0.146. The smallest absolute Gasteiger partial charge is 0.289 e. The lowest BCUT2D eigenvalue weighted by Gasteiger charge is -2.37. The molecule has 4 aliphatic rings. The fraction of sp³-hybridized carbons (Fsp3) is 0.667. The summed E-state index contributed by atoms with van der Waals surface area (Å²) in [4.78, 5) is 89.4. The maximum Gasteiger partial charge on any atom is 0.289 e. The molecule has 290 valence electrons. The molecule has 2 saturated carbocycles. The first-order valence-corrected chi connectivity index (χ1v) is 19.5. The minimum atomic E-state index is -1.10. The fourth-order valence-corrected chi connectivity index (χ4v) is 7.99. The second-order valence-corrected chi connectivity index (χ2v) is 16.8. The van der Waals surface area contributed by atoms with E-state index in [1.165, 1.54) is 4.90 Å². The van der Waals surface area contributed by atoms with Gasteiger partial charge in [0.1, 0.15) is 12.1 Å². The van der Waals surface area contributed by atoms with E-state index in [-0.39, 0.29) is 56.0 Å². The van der Waals surface area contributed by atoms with Crippen LogP contribution in [0, 0.1) is 17.3 Å². The maximum absolute atomic E-state index is 14.8. The number of carbonyl (C=O) groups is 6. The van der Waals surface area contributed by atoms with Gasteiger partial charge in [-0.1, -0.05) is 82.3 Å². The van der Waals surface area contributed by atoms with Crippen molar-refractivity contribution >= 4 is 52.6 Å². The second kappa shape index (κ2) is 17.0. The molecule has 2 heterocycles. The summed E-state index contributed by atoms with van der Waals surface area (Å²) in [7, 11) is 1.54. The van der Waals surface area contributed by atoms with E-state index < -0.39 is 58.6 Å². The van der Waals surface area contributed by atoms with Crippen LogP contribution in [0.1, 0.15) is 110 Å². The third kappa shape index (κ3) is 9.96. The number of ketones is 1. The van der Waals surface area contributed by atoms with Crippen LogP contribution in [0.5, 0.6) is 0 Å². The summed E-state index contributed by atoms with van der Waals surface area (Å²) in [5.41, 5.74) is -0.505. The number of likely N-dealkylation sites (tertiary alicyclic amines) is 1. The summed E-state index contributed by atoms with van der Waals surface area (Å²) in [6.45, 7) is 7.36. The van der Waals surface area contributed by atoms with Crippen LogP contribution in [0.2, 0.25) is 5.02 Å².